The summed E-state index contributed by atoms with van der Waals surface area (Å²) in [6, 6.07) is 11.5. The highest BCUT2D eigenvalue weighted by Gasteiger charge is 2.21. The van der Waals surface area contributed by atoms with Crippen molar-refractivity contribution < 1.29 is 67.5 Å². The van der Waals surface area contributed by atoms with Crippen molar-refractivity contribution in [2.75, 3.05) is 185 Å². The molecule has 0 aliphatic carbocycles. The smallest absolute Gasteiger partial charge is 0.308 e. The third-order valence-corrected chi connectivity index (χ3v) is 11.3. The van der Waals surface area contributed by atoms with Crippen molar-refractivity contribution in [3.05, 3.63) is 57.6 Å². The molecule has 0 unspecified atom stereocenters. The molecule has 21 nitrogen and oxygen atoms in total. The molecule has 0 fully saturated rings. The number of amides is 1. The number of hydrogen-bond donors (Lipinski definition) is 2. The van der Waals surface area contributed by atoms with E-state index in [1.165, 1.54) is 19.6 Å². The summed E-state index contributed by atoms with van der Waals surface area (Å²) in [6.07, 6.45) is 4.30. The SMILES string of the molecule is CCCN(CCCN)C(=O)C1=Cc2sccc2N=C(N)C1.CCN(CC)CC.[2H]CF.[C-]#[N+]c1cccc(N=C=NCCOCCOCCOCCOCCOCCOCCOCCOCCOCCOCCC(=O)OC(C)(C)C)c1. The Balaban J connectivity index is 0.00000167. The van der Waals surface area contributed by atoms with Gasteiger partial charge in [0.2, 0.25) is 5.91 Å². The number of nitrogens with zero attached hydrogens (tertiary/aromatic N) is 6. The van der Waals surface area contributed by atoms with Crippen LogP contribution in [0.25, 0.3) is 10.9 Å². The van der Waals surface area contributed by atoms with Crippen LogP contribution in [0.15, 0.2) is 56.3 Å². The number of benzene rings is 1. The Kier molecular flexibility index (Phi) is 49.3. The summed E-state index contributed by atoms with van der Waals surface area (Å²) < 4.78 is 75.2. The fourth-order valence-corrected chi connectivity index (χ4v) is 7.29. The number of carbonyl (C=O) groups is 2. The number of alkyl halides is 1. The highest BCUT2D eigenvalue weighted by Crippen LogP contribution is 2.31. The Morgan fingerprint density at radius 2 is 1.24 bits per heavy atom. The van der Waals surface area contributed by atoms with Crippen molar-refractivity contribution >= 4 is 58.2 Å². The first-order chi connectivity index (χ1) is 39.3. The summed E-state index contributed by atoms with van der Waals surface area (Å²) in [5, 5.41) is 1.96. The Morgan fingerprint density at radius 3 is 1.66 bits per heavy atom. The monoisotopic (exact) mass is 1150 g/mol. The fraction of sp³-hybridized carbons (Fsp3) is 0.702. The molecule has 0 bridgehead atoms. The molecule has 4 N–H and O–H groups in total. The van der Waals surface area contributed by atoms with Crippen LogP contribution >= 0.6 is 11.3 Å². The van der Waals surface area contributed by atoms with Crippen LogP contribution in [-0.4, -0.2) is 224 Å². The maximum atomic E-state index is 12.7. The van der Waals surface area contributed by atoms with Gasteiger partial charge in [-0.1, -0.05) is 39.8 Å². The van der Waals surface area contributed by atoms with E-state index in [0.717, 1.165) is 30.0 Å². The lowest BCUT2D eigenvalue weighted by Crippen LogP contribution is -2.35. The molecule has 1 aliphatic rings. The van der Waals surface area contributed by atoms with Gasteiger partial charge in [0.25, 0.3) is 0 Å². The van der Waals surface area contributed by atoms with Crippen LogP contribution in [0, 0.1) is 6.57 Å². The van der Waals surface area contributed by atoms with Gasteiger partial charge in [-0.25, -0.2) is 14.8 Å². The van der Waals surface area contributed by atoms with Crippen molar-refractivity contribution in [1.82, 2.24) is 9.80 Å². The molecule has 80 heavy (non-hydrogen) atoms. The zero-order valence-corrected chi connectivity index (χ0v) is 49.9. The number of aliphatic imine (C=N–C) groups is 3. The summed E-state index contributed by atoms with van der Waals surface area (Å²) in [6.45, 7) is 36.5. The average Bonchev–Trinajstić information content (AvgIpc) is 3.89. The van der Waals surface area contributed by atoms with Gasteiger partial charge in [-0.05, 0) is 89.4 Å². The summed E-state index contributed by atoms with van der Waals surface area (Å²) in [4.78, 5) is 45.4. The second-order valence-corrected chi connectivity index (χ2v) is 18.8. The van der Waals surface area contributed by atoms with Crippen LogP contribution in [0.2, 0.25) is 0 Å². The minimum atomic E-state index is -1.00. The predicted octanol–water partition coefficient (Wildman–Crippen LogP) is 7.99. The highest BCUT2D eigenvalue weighted by atomic mass is 32.1. The summed E-state index contributed by atoms with van der Waals surface area (Å²) >= 11 is 1.58. The van der Waals surface area contributed by atoms with Gasteiger partial charge < -0.3 is 73.4 Å². The van der Waals surface area contributed by atoms with Crippen LogP contribution in [-0.2, 0) is 61.7 Å². The second kappa shape index (κ2) is 53.7. The maximum Gasteiger partial charge on any atom is 0.308 e. The van der Waals surface area contributed by atoms with Crippen LogP contribution in [0.5, 0.6) is 0 Å². The van der Waals surface area contributed by atoms with Crippen LogP contribution < -0.4 is 11.5 Å². The molecule has 1 aliphatic heterocycles. The molecule has 3 rings (SSSR count). The van der Waals surface area contributed by atoms with Gasteiger partial charge in [0, 0.05) is 25.1 Å². The fourth-order valence-electron chi connectivity index (χ4n) is 6.51. The minimum Gasteiger partial charge on any atom is -0.460 e. The number of amidine groups is 1. The third-order valence-electron chi connectivity index (χ3n) is 10.4. The number of rotatable bonds is 43. The van der Waals surface area contributed by atoms with Gasteiger partial charge in [0.15, 0.2) is 5.69 Å². The second-order valence-electron chi connectivity index (χ2n) is 17.9. The van der Waals surface area contributed by atoms with Crippen LogP contribution in [0.1, 0.15) is 80.4 Å². The van der Waals surface area contributed by atoms with E-state index in [1.54, 1.807) is 35.6 Å². The van der Waals surface area contributed by atoms with E-state index in [2.05, 4.69) is 58.4 Å². The van der Waals surface area contributed by atoms with Gasteiger partial charge in [-0.3, -0.25) is 14.0 Å². The standard InChI is InChI=1S/C35H57N3O12.C15H22N4OS.C6H15N.CH3F/c1-35(2,3)50-34(39)8-10-40-12-14-42-16-18-44-20-22-46-24-26-48-28-29-49-27-25-47-23-21-45-19-17-43-15-13-41-11-9-37-31-38-33-7-5-6-32(30-33)36-4;1-2-6-19(7-3-5-16)15(20)11-9-13-12(4-8-21-13)18-14(17)10-11;1-4-7(5-2)6-3;1-2/h5-7,30H,8-29H2,1-3H3;4,8-9H,2-3,5-7,10,16H2,1H3,(H2,17,18);4-6H2,1-3H3;1H3/i;;;1D. The molecule has 1 aromatic carbocycles. The third kappa shape index (κ3) is 44.1. The molecule has 1 aromatic heterocycles. The number of thiophene rings is 1. The van der Waals surface area contributed by atoms with Crippen molar-refractivity contribution in [3.8, 4) is 0 Å². The Hall–Kier alpha value is -4.61. The van der Waals surface area contributed by atoms with E-state index in [4.69, 9.17) is 71.5 Å². The Labute approximate surface area is 482 Å². The molecule has 0 atom stereocenters. The van der Waals surface area contributed by atoms with E-state index in [9.17, 15) is 14.0 Å². The molecule has 23 heteroatoms. The van der Waals surface area contributed by atoms with Gasteiger partial charge in [0.05, 0.1) is 182 Å². The lowest BCUT2D eigenvalue weighted by molar-refractivity contribution is -0.156. The lowest BCUT2D eigenvalue weighted by Gasteiger charge is -2.23. The van der Waals surface area contributed by atoms with E-state index in [0.29, 0.717) is 181 Å². The van der Waals surface area contributed by atoms with E-state index in [-0.39, 0.29) is 18.3 Å². The molecule has 0 saturated carbocycles. The topological polar surface area (TPSA) is 236 Å². The predicted molar refractivity (Wildman–Crippen MR) is 315 cm³/mol. The summed E-state index contributed by atoms with van der Waals surface area (Å²) in [5.74, 6) is 0.266. The number of hydrogen-bond acceptors (Lipinski definition) is 20. The van der Waals surface area contributed by atoms with Crippen LogP contribution in [0.3, 0.4) is 0 Å². The van der Waals surface area contributed by atoms with Crippen LogP contribution in [0.4, 0.5) is 21.5 Å². The summed E-state index contributed by atoms with van der Waals surface area (Å²) in [7, 11) is -1.00. The number of ether oxygens (including phenoxy) is 11. The van der Waals surface area contributed by atoms with Crippen molar-refractivity contribution in [3.63, 3.8) is 0 Å². The molecule has 0 saturated heterocycles. The lowest BCUT2D eigenvalue weighted by atomic mass is 10.1. The van der Waals surface area contributed by atoms with E-state index in [1.807, 2.05) is 43.2 Å². The first-order valence-electron chi connectivity index (χ1n) is 28.3. The van der Waals surface area contributed by atoms with Gasteiger partial charge in [0.1, 0.15) is 11.4 Å². The maximum absolute atomic E-state index is 12.7. The molecule has 0 spiro atoms. The number of esters is 1. The first kappa shape index (κ1) is 73.4. The van der Waals surface area contributed by atoms with Gasteiger partial charge >= 0.3 is 5.97 Å². The number of nitrogens with two attached hydrogens (primary N) is 2. The molecule has 456 valence electrons. The molecule has 2 heterocycles. The van der Waals surface area contributed by atoms with Gasteiger partial charge in [-0.2, -0.15) is 4.99 Å². The number of fused-ring (bicyclic) bond motifs is 1. The Bertz CT molecular complexity index is 2010. The van der Waals surface area contributed by atoms with Crippen molar-refractivity contribution in [2.24, 2.45) is 26.4 Å². The number of halogens is 1. The Morgan fingerprint density at radius 1 is 0.762 bits per heavy atom. The average molecular weight is 1150 g/mol. The minimum absolute atomic E-state index is 0.0460. The normalized spacial score (nSPS) is 11.8. The van der Waals surface area contributed by atoms with E-state index >= 15 is 0 Å². The molecular formula is C57H97FN8O13S. The molecule has 2 aromatic rings. The molecule has 1 amide bonds. The molecular weight excluding hydrogens is 1060 g/mol. The van der Waals surface area contributed by atoms with Gasteiger partial charge in [-0.15, -0.1) is 11.3 Å². The highest BCUT2D eigenvalue weighted by molar-refractivity contribution is 7.11. The summed E-state index contributed by atoms with van der Waals surface area (Å²) in [5.41, 5.74) is 13.8. The van der Waals surface area contributed by atoms with Crippen molar-refractivity contribution in [2.45, 2.75) is 79.8 Å². The zero-order chi connectivity index (χ0) is 59.9. The largest absolute Gasteiger partial charge is 0.460 e. The number of carbonyl (C=O) groups excluding carboxylic acids is 2. The van der Waals surface area contributed by atoms with E-state index < -0.39 is 12.8 Å². The first-order valence-corrected chi connectivity index (χ1v) is 28.5. The zero-order valence-electron chi connectivity index (χ0n) is 50.1. The quantitative estimate of drug-likeness (QED) is 0.0277. The van der Waals surface area contributed by atoms with Crippen molar-refractivity contribution in [1.29, 1.82) is 0 Å². The molecule has 0 radical (unpaired) electrons.